The van der Waals surface area contributed by atoms with Crippen LogP contribution in [0.2, 0.25) is 0 Å². The van der Waals surface area contributed by atoms with Crippen LogP contribution in [0.4, 0.5) is 0 Å². The third-order valence-corrected chi connectivity index (χ3v) is 3.87. The van der Waals surface area contributed by atoms with Gasteiger partial charge in [-0.3, -0.25) is 4.79 Å². The molecule has 0 saturated heterocycles. The van der Waals surface area contributed by atoms with Crippen LogP contribution in [-0.2, 0) is 11.3 Å². The number of hydrogen-bond acceptors (Lipinski definition) is 3. The van der Waals surface area contributed by atoms with Crippen LogP contribution < -0.4 is 15.4 Å². The Labute approximate surface area is 128 Å². The summed E-state index contributed by atoms with van der Waals surface area (Å²) < 4.78 is 6.56. The van der Waals surface area contributed by atoms with Gasteiger partial charge in [0.2, 0.25) is 0 Å². The standard InChI is InChI=1S/C15H21BrN2O2/c1-2-17-9-12-4-3-5-13(16)15(12)20-10-14(19)18-8-11-6-7-11/h3-5,11,17H,2,6-10H2,1H3,(H,18,19). The predicted molar refractivity (Wildman–Crippen MR) is 82.8 cm³/mol. The highest BCUT2D eigenvalue weighted by atomic mass is 79.9. The molecule has 0 atom stereocenters. The normalized spacial score (nSPS) is 14.1. The Morgan fingerprint density at radius 3 is 2.95 bits per heavy atom. The molecule has 1 saturated carbocycles. The smallest absolute Gasteiger partial charge is 0.257 e. The first-order chi connectivity index (χ1) is 9.70. The molecule has 2 N–H and O–H groups in total. The number of nitrogens with one attached hydrogen (secondary N) is 2. The molecule has 110 valence electrons. The van der Waals surface area contributed by atoms with Gasteiger partial charge in [-0.1, -0.05) is 19.1 Å². The molecule has 5 heteroatoms. The molecule has 1 amide bonds. The van der Waals surface area contributed by atoms with Crippen LogP contribution in [-0.4, -0.2) is 25.6 Å². The largest absolute Gasteiger partial charge is 0.482 e. The van der Waals surface area contributed by atoms with Crippen LogP contribution in [0.5, 0.6) is 5.75 Å². The molecular weight excluding hydrogens is 320 g/mol. The molecule has 20 heavy (non-hydrogen) atoms. The van der Waals surface area contributed by atoms with Crippen molar-refractivity contribution in [3.05, 3.63) is 28.2 Å². The molecular formula is C15H21BrN2O2. The number of halogens is 1. The zero-order chi connectivity index (χ0) is 14.4. The summed E-state index contributed by atoms with van der Waals surface area (Å²) in [5.74, 6) is 1.38. The lowest BCUT2D eigenvalue weighted by atomic mass is 10.2. The van der Waals surface area contributed by atoms with E-state index in [-0.39, 0.29) is 12.5 Å². The first kappa shape index (κ1) is 15.3. The van der Waals surface area contributed by atoms with E-state index in [4.69, 9.17) is 4.74 Å². The van der Waals surface area contributed by atoms with Crippen LogP contribution in [0.1, 0.15) is 25.3 Å². The summed E-state index contributed by atoms with van der Waals surface area (Å²) in [7, 11) is 0. The number of para-hydroxylation sites is 1. The van der Waals surface area contributed by atoms with Gasteiger partial charge in [0.1, 0.15) is 5.75 Å². The van der Waals surface area contributed by atoms with Crippen LogP contribution in [0, 0.1) is 5.92 Å². The SMILES string of the molecule is CCNCc1cccc(Br)c1OCC(=O)NCC1CC1. The van der Waals surface area contributed by atoms with E-state index in [1.807, 2.05) is 18.2 Å². The highest BCUT2D eigenvalue weighted by Gasteiger charge is 2.21. The maximum absolute atomic E-state index is 11.7. The molecule has 1 fully saturated rings. The van der Waals surface area contributed by atoms with Crippen molar-refractivity contribution in [1.29, 1.82) is 0 Å². The van der Waals surface area contributed by atoms with E-state index in [1.165, 1.54) is 12.8 Å². The lowest BCUT2D eigenvalue weighted by Gasteiger charge is -2.13. The van der Waals surface area contributed by atoms with Crippen molar-refractivity contribution in [2.45, 2.75) is 26.3 Å². The van der Waals surface area contributed by atoms with Crippen LogP contribution in [0.25, 0.3) is 0 Å². The second kappa shape index (κ2) is 7.64. The molecule has 0 unspecified atom stereocenters. The molecule has 4 nitrogen and oxygen atoms in total. The van der Waals surface area contributed by atoms with Crippen molar-refractivity contribution in [2.75, 3.05) is 19.7 Å². The molecule has 0 bridgehead atoms. The second-order valence-electron chi connectivity index (χ2n) is 5.04. The Balaban J connectivity index is 1.87. The molecule has 0 aliphatic heterocycles. The lowest BCUT2D eigenvalue weighted by molar-refractivity contribution is -0.123. The first-order valence-corrected chi connectivity index (χ1v) is 7.87. The van der Waals surface area contributed by atoms with Crippen molar-refractivity contribution in [1.82, 2.24) is 10.6 Å². The third kappa shape index (κ3) is 4.80. The fourth-order valence-corrected chi connectivity index (χ4v) is 2.40. The van der Waals surface area contributed by atoms with Gasteiger partial charge < -0.3 is 15.4 Å². The van der Waals surface area contributed by atoms with Gasteiger partial charge in [0.25, 0.3) is 5.91 Å². The van der Waals surface area contributed by atoms with E-state index in [0.717, 1.165) is 35.4 Å². The monoisotopic (exact) mass is 340 g/mol. The molecule has 1 aromatic rings. The van der Waals surface area contributed by atoms with Crippen LogP contribution in [0.15, 0.2) is 22.7 Å². The minimum absolute atomic E-state index is 0.0537. The summed E-state index contributed by atoms with van der Waals surface area (Å²) in [6.07, 6.45) is 2.47. The summed E-state index contributed by atoms with van der Waals surface area (Å²) in [5, 5.41) is 6.17. The van der Waals surface area contributed by atoms with E-state index in [2.05, 4.69) is 33.5 Å². The van der Waals surface area contributed by atoms with Crippen molar-refractivity contribution in [2.24, 2.45) is 5.92 Å². The van der Waals surface area contributed by atoms with Gasteiger partial charge in [-0.25, -0.2) is 0 Å². The number of carbonyl (C=O) groups is 1. The highest BCUT2D eigenvalue weighted by molar-refractivity contribution is 9.10. The number of amides is 1. The minimum Gasteiger partial charge on any atom is -0.482 e. The van der Waals surface area contributed by atoms with E-state index in [1.54, 1.807) is 0 Å². The average Bonchev–Trinajstić information content (AvgIpc) is 3.26. The van der Waals surface area contributed by atoms with Crippen molar-refractivity contribution in [3.8, 4) is 5.75 Å². The van der Waals surface area contributed by atoms with Gasteiger partial charge in [-0.05, 0) is 47.3 Å². The average molecular weight is 341 g/mol. The molecule has 1 aliphatic rings. The topological polar surface area (TPSA) is 50.4 Å². The Hall–Kier alpha value is -1.07. The summed E-state index contributed by atoms with van der Waals surface area (Å²) in [6.45, 7) is 4.53. The van der Waals surface area contributed by atoms with Crippen molar-refractivity contribution in [3.63, 3.8) is 0 Å². The summed E-state index contributed by atoms with van der Waals surface area (Å²) in [6, 6.07) is 5.90. The zero-order valence-corrected chi connectivity index (χ0v) is 13.3. The highest BCUT2D eigenvalue weighted by Crippen LogP contribution is 2.29. The fraction of sp³-hybridized carbons (Fsp3) is 0.533. The fourth-order valence-electron chi connectivity index (χ4n) is 1.88. The maximum Gasteiger partial charge on any atom is 0.257 e. The number of rotatable bonds is 8. The van der Waals surface area contributed by atoms with Gasteiger partial charge in [-0.15, -0.1) is 0 Å². The summed E-state index contributed by atoms with van der Waals surface area (Å²) >= 11 is 3.48. The maximum atomic E-state index is 11.7. The van der Waals surface area contributed by atoms with E-state index in [0.29, 0.717) is 5.92 Å². The predicted octanol–water partition coefficient (Wildman–Crippen LogP) is 2.46. The lowest BCUT2D eigenvalue weighted by Crippen LogP contribution is -2.30. The van der Waals surface area contributed by atoms with Crippen LogP contribution in [0.3, 0.4) is 0 Å². The second-order valence-corrected chi connectivity index (χ2v) is 5.90. The zero-order valence-electron chi connectivity index (χ0n) is 11.7. The molecule has 0 radical (unpaired) electrons. The summed E-state index contributed by atoms with van der Waals surface area (Å²) in [5.41, 5.74) is 1.05. The number of ether oxygens (including phenoxy) is 1. The van der Waals surface area contributed by atoms with Crippen LogP contribution >= 0.6 is 15.9 Å². The Bertz CT molecular complexity index is 461. The summed E-state index contributed by atoms with van der Waals surface area (Å²) in [4.78, 5) is 11.7. The number of benzene rings is 1. The van der Waals surface area contributed by atoms with Gasteiger partial charge in [0.05, 0.1) is 4.47 Å². The van der Waals surface area contributed by atoms with E-state index >= 15 is 0 Å². The van der Waals surface area contributed by atoms with Gasteiger partial charge >= 0.3 is 0 Å². The van der Waals surface area contributed by atoms with E-state index < -0.39 is 0 Å². The molecule has 0 heterocycles. The van der Waals surface area contributed by atoms with Crippen molar-refractivity contribution >= 4 is 21.8 Å². The number of hydrogen-bond donors (Lipinski definition) is 2. The number of carbonyl (C=O) groups excluding carboxylic acids is 1. The van der Waals surface area contributed by atoms with Gasteiger partial charge in [-0.2, -0.15) is 0 Å². The minimum atomic E-state index is -0.0537. The third-order valence-electron chi connectivity index (χ3n) is 3.25. The molecule has 2 rings (SSSR count). The van der Waals surface area contributed by atoms with Gasteiger partial charge in [0, 0.05) is 18.7 Å². The quantitative estimate of drug-likeness (QED) is 0.764. The molecule has 1 aromatic carbocycles. The Morgan fingerprint density at radius 1 is 1.45 bits per heavy atom. The van der Waals surface area contributed by atoms with Crippen molar-refractivity contribution < 1.29 is 9.53 Å². The first-order valence-electron chi connectivity index (χ1n) is 7.08. The Kier molecular flexibility index (Phi) is 5.86. The molecule has 0 aromatic heterocycles. The van der Waals surface area contributed by atoms with E-state index in [9.17, 15) is 4.79 Å². The Morgan fingerprint density at radius 2 is 2.25 bits per heavy atom. The van der Waals surface area contributed by atoms with Gasteiger partial charge in [0.15, 0.2) is 6.61 Å². The molecule has 1 aliphatic carbocycles. The molecule has 0 spiro atoms.